The summed E-state index contributed by atoms with van der Waals surface area (Å²) in [5.74, 6) is 0. The Morgan fingerprint density at radius 1 is 1.50 bits per heavy atom. The predicted molar refractivity (Wildman–Crippen MR) is 67.0 cm³/mol. The summed E-state index contributed by atoms with van der Waals surface area (Å²) in [7, 11) is 0. The van der Waals surface area contributed by atoms with Gasteiger partial charge in [0.15, 0.2) is 0 Å². The van der Waals surface area contributed by atoms with Crippen molar-refractivity contribution in [3.63, 3.8) is 0 Å². The largest absolute Gasteiger partial charge is 0.444 e. The van der Waals surface area contributed by atoms with E-state index in [1.165, 1.54) is 0 Å². The fourth-order valence-electron chi connectivity index (χ4n) is 3.18. The van der Waals surface area contributed by atoms with E-state index in [0.717, 1.165) is 6.42 Å². The summed E-state index contributed by atoms with van der Waals surface area (Å²) in [4.78, 5) is 13.8. The molecule has 2 heterocycles. The third-order valence-corrected chi connectivity index (χ3v) is 3.93. The number of hydrogen-bond acceptors (Lipinski definition) is 3. The lowest BCUT2D eigenvalue weighted by Crippen LogP contribution is -2.62. The third-order valence-electron chi connectivity index (χ3n) is 3.93. The van der Waals surface area contributed by atoms with Crippen molar-refractivity contribution in [2.45, 2.75) is 76.4 Å². The zero-order chi connectivity index (χ0) is 13.7. The van der Waals surface area contributed by atoms with E-state index in [4.69, 9.17) is 10.5 Å². The topological polar surface area (TPSA) is 55.6 Å². The fraction of sp³-hybridized carbons (Fsp3) is 0.923. The third kappa shape index (κ3) is 2.20. The van der Waals surface area contributed by atoms with Gasteiger partial charge in [0.05, 0.1) is 6.04 Å². The first kappa shape index (κ1) is 13.6. The maximum absolute atomic E-state index is 14.1. The van der Waals surface area contributed by atoms with E-state index in [1.54, 1.807) is 4.90 Å². The number of amides is 1. The molecule has 0 aromatic carbocycles. The number of halogens is 1. The van der Waals surface area contributed by atoms with E-state index in [0.29, 0.717) is 12.8 Å². The molecule has 2 aliphatic rings. The maximum atomic E-state index is 14.1. The Bertz CT molecular complexity index is 355. The highest BCUT2D eigenvalue weighted by molar-refractivity contribution is 5.70. The Morgan fingerprint density at radius 2 is 2.11 bits per heavy atom. The van der Waals surface area contributed by atoms with Crippen LogP contribution in [0.4, 0.5) is 9.18 Å². The normalized spacial score (nSPS) is 39.9. The molecule has 4 nitrogen and oxygen atoms in total. The van der Waals surface area contributed by atoms with Crippen LogP contribution in [0.3, 0.4) is 0 Å². The van der Waals surface area contributed by atoms with Crippen LogP contribution in [0, 0.1) is 0 Å². The highest BCUT2D eigenvalue weighted by atomic mass is 19.1. The van der Waals surface area contributed by atoms with Gasteiger partial charge in [-0.25, -0.2) is 9.18 Å². The molecule has 2 rings (SSSR count). The highest BCUT2D eigenvalue weighted by Gasteiger charge is 2.56. The van der Waals surface area contributed by atoms with Crippen LogP contribution >= 0.6 is 0 Å². The molecular formula is C13H23FN2O2. The van der Waals surface area contributed by atoms with Crippen molar-refractivity contribution in [3.8, 4) is 0 Å². The van der Waals surface area contributed by atoms with Crippen LogP contribution in [0.5, 0.6) is 0 Å². The van der Waals surface area contributed by atoms with E-state index < -0.39 is 29.9 Å². The van der Waals surface area contributed by atoms with E-state index in [9.17, 15) is 9.18 Å². The average Bonchev–Trinajstić information content (AvgIpc) is 2.46. The number of hydrogen-bond donors (Lipinski definition) is 1. The van der Waals surface area contributed by atoms with E-state index >= 15 is 0 Å². The monoisotopic (exact) mass is 258 g/mol. The van der Waals surface area contributed by atoms with Gasteiger partial charge in [0.2, 0.25) is 0 Å². The molecule has 5 heteroatoms. The van der Waals surface area contributed by atoms with E-state index in [1.807, 2.05) is 27.7 Å². The second-order valence-corrected chi connectivity index (χ2v) is 6.77. The summed E-state index contributed by atoms with van der Waals surface area (Å²) in [6.45, 7) is 7.43. The molecule has 0 saturated carbocycles. The van der Waals surface area contributed by atoms with Gasteiger partial charge in [-0.2, -0.15) is 0 Å². The Morgan fingerprint density at radius 3 is 2.67 bits per heavy atom. The first-order valence-corrected chi connectivity index (χ1v) is 6.56. The van der Waals surface area contributed by atoms with Crippen LogP contribution < -0.4 is 5.73 Å². The van der Waals surface area contributed by atoms with Gasteiger partial charge in [0.25, 0.3) is 0 Å². The van der Waals surface area contributed by atoms with Crippen LogP contribution in [-0.4, -0.2) is 40.4 Å². The molecule has 0 radical (unpaired) electrons. The molecule has 2 N–H and O–H groups in total. The number of piperidine rings is 1. The summed E-state index contributed by atoms with van der Waals surface area (Å²) in [6, 6.07) is -0.894. The Hall–Kier alpha value is -0.840. The number of fused-ring (bicyclic) bond motifs is 2. The zero-order valence-corrected chi connectivity index (χ0v) is 11.6. The molecule has 2 aliphatic heterocycles. The van der Waals surface area contributed by atoms with Crippen LogP contribution in [0.25, 0.3) is 0 Å². The van der Waals surface area contributed by atoms with E-state index in [2.05, 4.69) is 0 Å². The molecule has 0 spiro atoms. The highest BCUT2D eigenvalue weighted by Crippen LogP contribution is 2.45. The first-order chi connectivity index (χ1) is 8.14. The molecule has 4 atom stereocenters. The summed E-state index contributed by atoms with van der Waals surface area (Å²) in [5, 5.41) is 0. The van der Waals surface area contributed by atoms with Crippen LogP contribution in [0.15, 0.2) is 0 Å². The number of rotatable bonds is 0. The van der Waals surface area contributed by atoms with Crippen LogP contribution in [-0.2, 0) is 4.74 Å². The molecule has 0 aromatic rings. The standard InChI is InChI=1S/C13H23FN2O2/c1-12(2,3)18-11(17)16-9-5-6-13(16,4)7-8(15)10(9)14/h8-10H,5-7,15H2,1-4H3/t8-,9?,10-,13-/m0/s1. The second kappa shape index (κ2) is 4.08. The van der Waals surface area contributed by atoms with Gasteiger partial charge in [-0.1, -0.05) is 0 Å². The minimum Gasteiger partial charge on any atom is -0.444 e. The molecular weight excluding hydrogens is 235 g/mol. The Kier molecular flexibility index (Phi) is 3.08. The van der Waals surface area contributed by atoms with Crippen molar-refractivity contribution in [2.24, 2.45) is 5.73 Å². The molecule has 2 saturated heterocycles. The van der Waals surface area contributed by atoms with Crippen molar-refractivity contribution < 1.29 is 13.9 Å². The van der Waals surface area contributed by atoms with Crippen LogP contribution in [0.1, 0.15) is 47.0 Å². The molecule has 1 amide bonds. The number of nitrogens with two attached hydrogens (primary N) is 1. The van der Waals surface area contributed by atoms with Gasteiger partial charge in [-0.15, -0.1) is 0 Å². The molecule has 18 heavy (non-hydrogen) atoms. The van der Waals surface area contributed by atoms with Crippen LogP contribution in [0.2, 0.25) is 0 Å². The van der Waals surface area contributed by atoms with Gasteiger partial charge in [-0.05, 0) is 47.0 Å². The lowest BCUT2D eigenvalue weighted by molar-refractivity contribution is -0.0323. The van der Waals surface area contributed by atoms with Crippen molar-refractivity contribution in [2.75, 3.05) is 0 Å². The summed E-state index contributed by atoms with van der Waals surface area (Å²) >= 11 is 0. The minimum atomic E-state index is -1.15. The second-order valence-electron chi connectivity index (χ2n) is 6.77. The quantitative estimate of drug-likeness (QED) is 0.724. The van der Waals surface area contributed by atoms with Gasteiger partial charge >= 0.3 is 6.09 Å². The van der Waals surface area contributed by atoms with Gasteiger partial charge in [0, 0.05) is 11.6 Å². The van der Waals surface area contributed by atoms with Crippen molar-refractivity contribution in [1.82, 2.24) is 4.90 Å². The fourth-order valence-corrected chi connectivity index (χ4v) is 3.18. The predicted octanol–water partition coefficient (Wildman–Crippen LogP) is 2.21. The van der Waals surface area contributed by atoms with Gasteiger partial charge in [0.1, 0.15) is 11.8 Å². The molecule has 1 unspecified atom stereocenters. The number of nitrogens with zero attached hydrogens (tertiary/aromatic N) is 1. The Labute approximate surface area is 108 Å². The Balaban J connectivity index is 2.20. The van der Waals surface area contributed by atoms with Crippen molar-refractivity contribution >= 4 is 6.09 Å². The van der Waals surface area contributed by atoms with Gasteiger partial charge in [-0.3, -0.25) is 4.90 Å². The molecule has 0 aliphatic carbocycles. The maximum Gasteiger partial charge on any atom is 0.411 e. The summed E-state index contributed by atoms with van der Waals surface area (Å²) in [5.41, 5.74) is 4.91. The summed E-state index contributed by atoms with van der Waals surface area (Å²) < 4.78 is 19.5. The van der Waals surface area contributed by atoms with E-state index in [-0.39, 0.29) is 5.54 Å². The minimum absolute atomic E-state index is 0.352. The summed E-state index contributed by atoms with van der Waals surface area (Å²) in [6.07, 6.45) is 0.412. The number of ether oxygens (including phenoxy) is 1. The smallest absolute Gasteiger partial charge is 0.411 e. The zero-order valence-electron chi connectivity index (χ0n) is 11.6. The number of carbonyl (C=O) groups is 1. The lowest BCUT2D eigenvalue weighted by Gasteiger charge is -2.46. The molecule has 2 bridgehead atoms. The first-order valence-electron chi connectivity index (χ1n) is 6.56. The van der Waals surface area contributed by atoms with Gasteiger partial charge < -0.3 is 10.5 Å². The molecule has 104 valence electrons. The molecule has 2 fully saturated rings. The number of carbonyl (C=O) groups excluding carboxylic acids is 1. The SMILES string of the molecule is CC(C)(C)OC(=O)N1C2CC[C@@]1(C)C[C@H](N)[C@@H]2F. The number of alkyl halides is 1. The van der Waals surface area contributed by atoms with Crippen molar-refractivity contribution in [1.29, 1.82) is 0 Å². The average molecular weight is 258 g/mol. The lowest BCUT2D eigenvalue weighted by atomic mass is 9.87. The molecule has 0 aromatic heterocycles. The van der Waals surface area contributed by atoms with Crippen molar-refractivity contribution in [3.05, 3.63) is 0 Å².